The minimum atomic E-state index is -0.129. The number of allylic oxidation sites excluding steroid dienone is 3. The van der Waals surface area contributed by atoms with Gasteiger partial charge in [0.05, 0.1) is 12.7 Å². The summed E-state index contributed by atoms with van der Waals surface area (Å²) in [5.41, 5.74) is 2.73. The first kappa shape index (κ1) is 13.5. The van der Waals surface area contributed by atoms with Crippen molar-refractivity contribution in [2.24, 2.45) is 0 Å². The fourth-order valence-electron chi connectivity index (χ4n) is 1.68. The minimum Gasteiger partial charge on any atom is -0.349 e. The third-order valence-corrected chi connectivity index (χ3v) is 2.68. The Hall–Kier alpha value is -0.600. The molecule has 2 atom stereocenters. The smallest absolute Gasteiger partial charge is 0.177 e. The molecule has 1 saturated heterocycles. The Kier molecular flexibility index (Phi) is 5.78. The van der Waals surface area contributed by atoms with Crippen molar-refractivity contribution in [3.8, 4) is 0 Å². The molecule has 0 N–H and O–H groups in total. The molecule has 0 unspecified atom stereocenters. The first-order valence-electron chi connectivity index (χ1n) is 6.15. The highest BCUT2D eigenvalue weighted by Gasteiger charge is 2.17. The van der Waals surface area contributed by atoms with Gasteiger partial charge in [-0.05, 0) is 53.0 Å². The van der Waals surface area contributed by atoms with E-state index in [4.69, 9.17) is 9.47 Å². The summed E-state index contributed by atoms with van der Waals surface area (Å²) in [4.78, 5) is 0. The maximum atomic E-state index is 5.67. The van der Waals surface area contributed by atoms with Gasteiger partial charge < -0.3 is 9.47 Å². The summed E-state index contributed by atoms with van der Waals surface area (Å²) >= 11 is 0. The van der Waals surface area contributed by atoms with Crippen molar-refractivity contribution in [2.75, 3.05) is 6.61 Å². The highest BCUT2D eigenvalue weighted by Crippen LogP contribution is 2.16. The fraction of sp³-hybridized carbons (Fsp3) is 0.714. The lowest BCUT2D eigenvalue weighted by Crippen LogP contribution is -2.29. The molecule has 0 spiro atoms. The zero-order valence-corrected chi connectivity index (χ0v) is 11.0. The normalized spacial score (nSPS) is 26.6. The van der Waals surface area contributed by atoms with Crippen LogP contribution < -0.4 is 0 Å². The number of rotatable bonds is 4. The molecule has 0 radical (unpaired) electrons. The average Bonchev–Trinajstić information content (AvgIpc) is 2.16. The SMILES string of the molecule is CC(C)=CCC/C(C)=C/[C@@H]1OCC[C@H](C)O1. The van der Waals surface area contributed by atoms with Crippen LogP contribution in [0.4, 0.5) is 0 Å². The van der Waals surface area contributed by atoms with Crippen molar-refractivity contribution < 1.29 is 9.47 Å². The van der Waals surface area contributed by atoms with Crippen molar-refractivity contribution >= 4 is 0 Å². The zero-order valence-electron chi connectivity index (χ0n) is 11.0. The molecule has 0 bridgehead atoms. The van der Waals surface area contributed by atoms with E-state index in [1.54, 1.807) is 0 Å². The predicted molar refractivity (Wildman–Crippen MR) is 67.3 cm³/mol. The van der Waals surface area contributed by atoms with Gasteiger partial charge in [-0.25, -0.2) is 0 Å². The Morgan fingerprint density at radius 3 is 2.69 bits per heavy atom. The summed E-state index contributed by atoms with van der Waals surface area (Å²) in [6.07, 6.45) is 7.75. The van der Waals surface area contributed by atoms with Gasteiger partial charge in [-0.15, -0.1) is 0 Å². The molecule has 0 saturated carbocycles. The molecule has 1 fully saturated rings. The monoisotopic (exact) mass is 224 g/mol. The Labute approximate surface area is 99.3 Å². The van der Waals surface area contributed by atoms with E-state index in [9.17, 15) is 0 Å². The van der Waals surface area contributed by atoms with Gasteiger partial charge in [-0.2, -0.15) is 0 Å². The molecule has 1 aliphatic rings. The van der Waals surface area contributed by atoms with Crippen molar-refractivity contribution in [1.29, 1.82) is 0 Å². The second kappa shape index (κ2) is 6.87. The van der Waals surface area contributed by atoms with Crippen molar-refractivity contribution in [3.63, 3.8) is 0 Å². The van der Waals surface area contributed by atoms with Crippen LogP contribution in [0.1, 0.15) is 47.0 Å². The molecular weight excluding hydrogens is 200 g/mol. The van der Waals surface area contributed by atoms with Crippen LogP contribution in [-0.2, 0) is 9.47 Å². The molecule has 92 valence electrons. The van der Waals surface area contributed by atoms with E-state index >= 15 is 0 Å². The Morgan fingerprint density at radius 2 is 2.06 bits per heavy atom. The summed E-state index contributed by atoms with van der Waals surface area (Å²) in [5, 5.41) is 0. The largest absolute Gasteiger partial charge is 0.349 e. The molecule has 2 nitrogen and oxygen atoms in total. The van der Waals surface area contributed by atoms with Crippen LogP contribution in [0.3, 0.4) is 0 Å². The highest BCUT2D eigenvalue weighted by molar-refractivity contribution is 5.03. The summed E-state index contributed by atoms with van der Waals surface area (Å²) < 4.78 is 11.2. The first-order valence-corrected chi connectivity index (χ1v) is 6.15. The summed E-state index contributed by atoms with van der Waals surface area (Å²) in [6, 6.07) is 0. The van der Waals surface area contributed by atoms with E-state index in [0.717, 1.165) is 25.9 Å². The number of hydrogen-bond acceptors (Lipinski definition) is 2. The molecule has 1 rings (SSSR count). The molecular formula is C14H24O2. The highest BCUT2D eigenvalue weighted by atomic mass is 16.7. The Balaban J connectivity index is 2.34. The van der Waals surface area contributed by atoms with Crippen molar-refractivity contribution in [1.82, 2.24) is 0 Å². The molecule has 1 aliphatic heterocycles. The molecule has 0 aromatic rings. The van der Waals surface area contributed by atoms with Gasteiger partial charge in [0.25, 0.3) is 0 Å². The maximum absolute atomic E-state index is 5.67. The predicted octanol–water partition coefficient (Wildman–Crippen LogP) is 3.83. The van der Waals surface area contributed by atoms with Gasteiger partial charge in [-0.1, -0.05) is 17.2 Å². The average molecular weight is 224 g/mol. The van der Waals surface area contributed by atoms with E-state index in [1.165, 1.54) is 11.1 Å². The van der Waals surface area contributed by atoms with Crippen LogP contribution in [0.5, 0.6) is 0 Å². The van der Waals surface area contributed by atoms with Crippen LogP contribution >= 0.6 is 0 Å². The quantitative estimate of drug-likeness (QED) is 0.676. The fourth-order valence-corrected chi connectivity index (χ4v) is 1.68. The van der Waals surface area contributed by atoms with Gasteiger partial charge in [0.2, 0.25) is 0 Å². The van der Waals surface area contributed by atoms with Crippen LogP contribution in [0.2, 0.25) is 0 Å². The third kappa shape index (κ3) is 5.47. The summed E-state index contributed by atoms with van der Waals surface area (Å²) in [7, 11) is 0. The second-order valence-electron chi connectivity index (χ2n) is 4.81. The molecule has 0 aliphatic carbocycles. The molecule has 0 amide bonds. The van der Waals surface area contributed by atoms with Crippen LogP contribution in [-0.4, -0.2) is 19.0 Å². The van der Waals surface area contributed by atoms with Gasteiger partial charge >= 0.3 is 0 Å². The van der Waals surface area contributed by atoms with E-state index in [1.807, 2.05) is 0 Å². The Morgan fingerprint density at radius 1 is 1.31 bits per heavy atom. The van der Waals surface area contributed by atoms with E-state index < -0.39 is 0 Å². The third-order valence-electron chi connectivity index (χ3n) is 2.68. The maximum Gasteiger partial charge on any atom is 0.177 e. The lowest BCUT2D eigenvalue weighted by Gasteiger charge is -2.26. The molecule has 0 aromatic heterocycles. The van der Waals surface area contributed by atoms with Gasteiger partial charge in [0.15, 0.2) is 6.29 Å². The van der Waals surface area contributed by atoms with E-state index in [2.05, 4.69) is 39.8 Å². The zero-order chi connectivity index (χ0) is 12.0. The Bertz CT molecular complexity index is 262. The molecule has 2 heteroatoms. The summed E-state index contributed by atoms with van der Waals surface area (Å²) in [6.45, 7) is 9.32. The molecule has 16 heavy (non-hydrogen) atoms. The molecule has 1 heterocycles. The number of hydrogen-bond donors (Lipinski definition) is 0. The van der Waals surface area contributed by atoms with Gasteiger partial charge in [0.1, 0.15) is 0 Å². The van der Waals surface area contributed by atoms with E-state index in [0.29, 0.717) is 6.10 Å². The van der Waals surface area contributed by atoms with Crippen LogP contribution in [0.25, 0.3) is 0 Å². The first-order chi connectivity index (χ1) is 7.58. The van der Waals surface area contributed by atoms with Crippen molar-refractivity contribution in [3.05, 3.63) is 23.3 Å². The molecule has 0 aromatic carbocycles. The lowest BCUT2D eigenvalue weighted by molar-refractivity contribution is -0.181. The topological polar surface area (TPSA) is 18.5 Å². The number of ether oxygens (including phenoxy) is 2. The van der Waals surface area contributed by atoms with Gasteiger partial charge in [-0.3, -0.25) is 0 Å². The standard InChI is InChI=1S/C14H24O2/c1-11(2)6-5-7-12(3)10-14-15-9-8-13(4)16-14/h6,10,13-14H,5,7-9H2,1-4H3/b12-10+/t13-,14+/m0/s1. The van der Waals surface area contributed by atoms with Crippen molar-refractivity contribution in [2.45, 2.75) is 59.4 Å². The van der Waals surface area contributed by atoms with Crippen LogP contribution in [0, 0.1) is 0 Å². The van der Waals surface area contributed by atoms with Gasteiger partial charge in [0, 0.05) is 0 Å². The van der Waals surface area contributed by atoms with E-state index in [-0.39, 0.29) is 6.29 Å². The summed E-state index contributed by atoms with van der Waals surface area (Å²) in [5.74, 6) is 0. The minimum absolute atomic E-state index is 0.129. The lowest BCUT2D eigenvalue weighted by atomic mass is 10.1. The van der Waals surface area contributed by atoms with Crippen LogP contribution in [0.15, 0.2) is 23.3 Å². The second-order valence-corrected chi connectivity index (χ2v) is 4.81.